The van der Waals surface area contributed by atoms with E-state index in [-0.39, 0.29) is 23.2 Å². The lowest BCUT2D eigenvalue weighted by molar-refractivity contribution is -0.384. The molecule has 1 aromatic rings. The van der Waals surface area contributed by atoms with Crippen molar-refractivity contribution in [3.63, 3.8) is 0 Å². The zero-order chi connectivity index (χ0) is 19.5. The second-order valence-corrected chi connectivity index (χ2v) is 8.94. The Balaban J connectivity index is 2.10. The molecule has 8 nitrogen and oxygen atoms in total. The van der Waals surface area contributed by atoms with Gasteiger partial charge in [-0.25, -0.2) is 13.1 Å². The fraction of sp³-hybridized carbons (Fsp3) is 0.647. The van der Waals surface area contributed by atoms with Crippen LogP contribution >= 0.6 is 0 Å². The van der Waals surface area contributed by atoms with Crippen LogP contribution in [-0.2, 0) is 10.0 Å². The molecule has 0 saturated heterocycles. The Kier molecular flexibility index (Phi) is 6.59. The number of nitrogens with one attached hydrogen (secondary N) is 2. The van der Waals surface area contributed by atoms with Gasteiger partial charge in [0.25, 0.3) is 5.69 Å². The third-order valence-corrected chi connectivity index (χ3v) is 5.86. The van der Waals surface area contributed by atoms with Gasteiger partial charge in [0.15, 0.2) is 0 Å². The molecule has 0 aromatic heterocycles. The summed E-state index contributed by atoms with van der Waals surface area (Å²) in [6.07, 6.45) is 1.95. The zero-order valence-electron chi connectivity index (χ0n) is 15.7. The van der Waals surface area contributed by atoms with Crippen LogP contribution < -0.4 is 10.0 Å². The normalized spacial score (nSPS) is 15.0. The average Bonchev–Trinajstić information content (AvgIpc) is 3.34. The SMILES string of the molecule is CC(C)N(CCNS(=O)(=O)c1ccc(NC2CC2)c([N+](=O)[O-])c1)C(C)C. The van der Waals surface area contributed by atoms with Crippen molar-refractivity contribution in [1.82, 2.24) is 9.62 Å². The highest BCUT2D eigenvalue weighted by molar-refractivity contribution is 7.89. The molecule has 0 radical (unpaired) electrons. The van der Waals surface area contributed by atoms with Crippen molar-refractivity contribution >= 4 is 21.4 Å². The van der Waals surface area contributed by atoms with Crippen molar-refractivity contribution in [3.8, 4) is 0 Å². The number of nitro groups is 1. The van der Waals surface area contributed by atoms with Crippen molar-refractivity contribution in [3.05, 3.63) is 28.3 Å². The lowest BCUT2D eigenvalue weighted by Gasteiger charge is -2.30. The molecule has 1 aromatic carbocycles. The summed E-state index contributed by atoms with van der Waals surface area (Å²) in [7, 11) is -3.80. The van der Waals surface area contributed by atoms with Gasteiger partial charge >= 0.3 is 0 Å². The molecule has 1 fully saturated rings. The summed E-state index contributed by atoms with van der Waals surface area (Å²) in [6, 6.07) is 4.84. The third kappa shape index (κ3) is 5.39. The largest absolute Gasteiger partial charge is 0.377 e. The van der Waals surface area contributed by atoms with Crippen LogP contribution in [0, 0.1) is 10.1 Å². The van der Waals surface area contributed by atoms with Crippen molar-refractivity contribution in [2.45, 2.75) is 63.6 Å². The zero-order valence-corrected chi connectivity index (χ0v) is 16.5. The van der Waals surface area contributed by atoms with Gasteiger partial charge in [-0.3, -0.25) is 15.0 Å². The van der Waals surface area contributed by atoms with Crippen LogP contribution in [0.25, 0.3) is 0 Å². The molecule has 1 aliphatic rings. The van der Waals surface area contributed by atoms with E-state index in [2.05, 4.69) is 42.6 Å². The van der Waals surface area contributed by atoms with Crippen LogP contribution in [-0.4, -0.2) is 49.5 Å². The van der Waals surface area contributed by atoms with E-state index in [0.29, 0.717) is 24.3 Å². The topological polar surface area (TPSA) is 105 Å². The number of hydrogen-bond acceptors (Lipinski definition) is 6. The van der Waals surface area contributed by atoms with Crippen molar-refractivity contribution in [2.24, 2.45) is 0 Å². The quantitative estimate of drug-likeness (QED) is 0.474. The molecule has 2 rings (SSSR count). The van der Waals surface area contributed by atoms with Gasteiger partial charge in [0.1, 0.15) is 5.69 Å². The van der Waals surface area contributed by atoms with E-state index in [4.69, 9.17) is 0 Å². The second kappa shape index (κ2) is 8.32. The van der Waals surface area contributed by atoms with Gasteiger partial charge in [-0.2, -0.15) is 0 Å². The van der Waals surface area contributed by atoms with Gasteiger partial charge in [0.05, 0.1) is 9.82 Å². The fourth-order valence-electron chi connectivity index (χ4n) is 2.90. The van der Waals surface area contributed by atoms with E-state index in [0.717, 1.165) is 18.9 Å². The van der Waals surface area contributed by atoms with Crippen molar-refractivity contribution in [1.29, 1.82) is 0 Å². The molecule has 146 valence electrons. The maximum absolute atomic E-state index is 12.5. The summed E-state index contributed by atoms with van der Waals surface area (Å²) in [5.74, 6) is 0. The molecule has 9 heteroatoms. The monoisotopic (exact) mass is 384 g/mol. The van der Waals surface area contributed by atoms with E-state index < -0.39 is 14.9 Å². The lowest BCUT2D eigenvalue weighted by Crippen LogP contribution is -2.42. The Bertz CT molecular complexity index is 737. The fourth-order valence-corrected chi connectivity index (χ4v) is 3.95. The summed E-state index contributed by atoms with van der Waals surface area (Å²) in [6.45, 7) is 9.05. The van der Waals surface area contributed by atoms with E-state index in [1.165, 1.54) is 12.1 Å². The summed E-state index contributed by atoms with van der Waals surface area (Å²) >= 11 is 0. The molecular formula is C17H28N4O4S. The van der Waals surface area contributed by atoms with Crippen LogP contribution in [0.4, 0.5) is 11.4 Å². The number of anilines is 1. The predicted octanol–water partition coefficient (Wildman–Crippen LogP) is 2.57. The Morgan fingerprint density at radius 3 is 2.35 bits per heavy atom. The van der Waals surface area contributed by atoms with Crippen LogP contribution in [0.15, 0.2) is 23.1 Å². The number of hydrogen-bond donors (Lipinski definition) is 2. The number of nitro benzene ring substituents is 1. The summed E-state index contributed by atoms with van der Waals surface area (Å²) in [4.78, 5) is 12.8. The highest BCUT2D eigenvalue weighted by Gasteiger charge is 2.27. The van der Waals surface area contributed by atoms with Crippen molar-refractivity contribution < 1.29 is 13.3 Å². The number of nitrogens with zero attached hydrogens (tertiary/aromatic N) is 2. The van der Waals surface area contributed by atoms with Gasteiger partial charge in [0.2, 0.25) is 10.0 Å². The molecule has 0 amide bonds. The molecule has 0 bridgehead atoms. The molecule has 0 aliphatic heterocycles. The number of benzene rings is 1. The predicted molar refractivity (Wildman–Crippen MR) is 102 cm³/mol. The Morgan fingerprint density at radius 1 is 1.23 bits per heavy atom. The minimum absolute atomic E-state index is 0.0915. The molecule has 1 saturated carbocycles. The smallest absolute Gasteiger partial charge is 0.293 e. The minimum atomic E-state index is -3.80. The average molecular weight is 385 g/mol. The molecular weight excluding hydrogens is 356 g/mol. The number of sulfonamides is 1. The number of rotatable bonds is 10. The van der Waals surface area contributed by atoms with Gasteiger partial charge in [-0.05, 0) is 52.7 Å². The maximum atomic E-state index is 12.5. The van der Waals surface area contributed by atoms with E-state index >= 15 is 0 Å². The molecule has 0 atom stereocenters. The van der Waals surface area contributed by atoms with Gasteiger partial charge < -0.3 is 5.32 Å². The Hall–Kier alpha value is -1.71. The highest BCUT2D eigenvalue weighted by atomic mass is 32.2. The maximum Gasteiger partial charge on any atom is 0.293 e. The lowest BCUT2D eigenvalue weighted by atomic mass is 10.2. The van der Waals surface area contributed by atoms with Crippen LogP contribution in [0.3, 0.4) is 0 Å². The van der Waals surface area contributed by atoms with Gasteiger partial charge in [-0.15, -0.1) is 0 Å². The molecule has 1 aliphatic carbocycles. The van der Waals surface area contributed by atoms with E-state index in [1.54, 1.807) is 0 Å². The third-order valence-electron chi connectivity index (χ3n) is 4.40. The van der Waals surface area contributed by atoms with Crippen molar-refractivity contribution in [2.75, 3.05) is 18.4 Å². The molecule has 0 unspecified atom stereocenters. The molecule has 0 spiro atoms. The Labute approximate surface area is 155 Å². The molecule has 2 N–H and O–H groups in total. The summed E-state index contributed by atoms with van der Waals surface area (Å²) < 4.78 is 27.5. The van der Waals surface area contributed by atoms with Gasteiger partial charge in [-0.1, -0.05) is 0 Å². The van der Waals surface area contributed by atoms with Crippen LogP contribution in [0.1, 0.15) is 40.5 Å². The summed E-state index contributed by atoms with van der Waals surface area (Å²) in [5.41, 5.74) is 0.146. The van der Waals surface area contributed by atoms with E-state index in [9.17, 15) is 18.5 Å². The Morgan fingerprint density at radius 2 is 1.85 bits per heavy atom. The van der Waals surface area contributed by atoms with Crippen LogP contribution in [0.2, 0.25) is 0 Å². The first kappa shape index (κ1) is 20.6. The first-order chi connectivity index (χ1) is 12.1. The standard InChI is InChI=1S/C17H28N4O4S/c1-12(2)20(13(3)4)10-9-18-26(24,25)15-7-8-16(19-14-5-6-14)17(11-15)21(22)23/h7-8,11-14,18-19H,5-6,9-10H2,1-4H3. The molecule has 26 heavy (non-hydrogen) atoms. The van der Waals surface area contributed by atoms with E-state index in [1.807, 2.05) is 0 Å². The van der Waals surface area contributed by atoms with Gasteiger partial charge in [0, 0.05) is 37.3 Å². The molecule has 0 heterocycles. The first-order valence-corrected chi connectivity index (χ1v) is 10.4. The second-order valence-electron chi connectivity index (χ2n) is 7.18. The van der Waals surface area contributed by atoms with Crippen LogP contribution in [0.5, 0.6) is 0 Å². The summed E-state index contributed by atoms with van der Waals surface area (Å²) in [5, 5.41) is 14.4. The minimum Gasteiger partial charge on any atom is -0.377 e. The highest BCUT2D eigenvalue weighted by Crippen LogP contribution is 2.32. The first-order valence-electron chi connectivity index (χ1n) is 8.92.